The maximum atomic E-state index is 12.9. The molecule has 1 aliphatic rings. The Kier molecular flexibility index (Phi) is 5.34. The van der Waals surface area contributed by atoms with E-state index in [2.05, 4.69) is 5.32 Å². The van der Waals surface area contributed by atoms with E-state index in [9.17, 15) is 14.0 Å². The van der Waals surface area contributed by atoms with E-state index in [4.69, 9.17) is 11.6 Å². The number of amides is 2. The molecular weight excluding hydrogens is 343 g/mol. The molecule has 1 atom stereocenters. The highest BCUT2D eigenvalue weighted by Gasteiger charge is 2.32. The van der Waals surface area contributed by atoms with Crippen LogP contribution in [0.1, 0.15) is 17.5 Å². The summed E-state index contributed by atoms with van der Waals surface area (Å²) in [5.41, 5.74) is 1.71. The number of hydrogen-bond donors (Lipinski definition) is 1. The molecule has 0 spiro atoms. The van der Waals surface area contributed by atoms with Crippen LogP contribution in [0.3, 0.4) is 0 Å². The van der Waals surface area contributed by atoms with Crippen LogP contribution in [0, 0.1) is 5.82 Å². The van der Waals surface area contributed by atoms with Gasteiger partial charge in [0.2, 0.25) is 11.8 Å². The second-order valence-corrected chi connectivity index (χ2v) is 6.53. The van der Waals surface area contributed by atoms with Crippen molar-refractivity contribution < 1.29 is 14.0 Å². The highest BCUT2D eigenvalue weighted by atomic mass is 35.5. The SMILES string of the molecule is O=C(Cc1ccc(Cl)cc1)NC1CCN(Cc2ccc(F)cc2)C1=O. The van der Waals surface area contributed by atoms with Gasteiger partial charge >= 0.3 is 0 Å². The van der Waals surface area contributed by atoms with Crippen molar-refractivity contribution >= 4 is 23.4 Å². The summed E-state index contributed by atoms with van der Waals surface area (Å²) >= 11 is 5.82. The van der Waals surface area contributed by atoms with Crippen LogP contribution in [0.4, 0.5) is 4.39 Å². The minimum atomic E-state index is -0.500. The fraction of sp³-hybridized carbons (Fsp3) is 0.263. The average Bonchev–Trinajstić information content (AvgIpc) is 2.92. The van der Waals surface area contributed by atoms with E-state index in [0.29, 0.717) is 24.5 Å². The second kappa shape index (κ2) is 7.66. The number of benzene rings is 2. The van der Waals surface area contributed by atoms with Crippen molar-refractivity contribution in [2.75, 3.05) is 6.54 Å². The Bertz CT molecular complexity index is 762. The van der Waals surface area contributed by atoms with Gasteiger partial charge in [-0.15, -0.1) is 0 Å². The van der Waals surface area contributed by atoms with Crippen LogP contribution in [0.15, 0.2) is 48.5 Å². The van der Waals surface area contributed by atoms with Crippen molar-refractivity contribution in [2.45, 2.75) is 25.4 Å². The molecule has 0 aromatic heterocycles. The zero-order valence-electron chi connectivity index (χ0n) is 13.5. The summed E-state index contributed by atoms with van der Waals surface area (Å²) in [6.45, 7) is 0.991. The molecule has 1 heterocycles. The number of likely N-dealkylation sites (tertiary alicyclic amines) is 1. The molecule has 0 radical (unpaired) electrons. The van der Waals surface area contributed by atoms with Gasteiger partial charge in [-0.05, 0) is 41.8 Å². The van der Waals surface area contributed by atoms with Crippen LogP contribution in [0.25, 0.3) is 0 Å². The minimum Gasteiger partial charge on any atom is -0.344 e. The molecule has 0 aliphatic carbocycles. The molecule has 4 nitrogen and oxygen atoms in total. The van der Waals surface area contributed by atoms with Crippen molar-refractivity contribution in [3.05, 3.63) is 70.5 Å². The van der Waals surface area contributed by atoms with E-state index < -0.39 is 6.04 Å². The first-order valence-corrected chi connectivity index (χ1v) is 8.46. The van der Waals surface area contributed by atoms with Crippen molar-refractivity contribution in [2.24, 2.45) is 0 Å². The van der Waals surface area contributed by atoms with Gasteiger partial charge in [-0.3, -0.25) is 9.59 Å². The number of nitrogens with zero attached hydrogens (tertiary/aromatic N) is 1. The normalized spacial score (nSPS) is 17.0. The van der Waals surface area contributed by atoms with Gasteiger partial charge in [0.1, 0.15) is 11.9 Å². The Hall–Kier alpha value is -2.40. The molecule has 2 amide bonds. The van der Waals surface area contributed by atoms with Crippen molar-refractivity contribution in [1.29, 1.82) is 0 Å². The fourth-order valence-electron chi connectivity index (χ4n) is 2.87. The van der Waals surface area contributed by atoms with Gasteiger partial charge in [0.15, 0.2) is 0 Å². The third-order valence-corrected chi connectivity index (χ3v) is 4.45. The van der Waals surface area contributed by atoms with E-state index in [1.807, 2.05) is 0 Å². The van der Waals surface area contributed by atoms with Gasteiger partial charge in [-0.2, -0.15) is 0 Å². The quantitative estimate of drug-likeness (QED) is 0.891. The smallest absolute Gasteiger partial charge is 0.245 e. The summed E-state index contributed by atoms with van der Waals surface area (Å²) in [5.74, 6) is -0.595. The Morgan fingerprint density at radius 2 is 1.76 bits per heavy atom. The molecule has 1 aliphatic heterocycles. The molecule has 6 heteroatoms. The summed E-state index contributed by atoms with van der Waals surface area (Å²) < 4.78 is 12.9. The number of nitrogens with one attached hydrogen (secondary N) is 1. The Morgan fingerprint density at radius 3 is 2.44 bits per heavy atom. The Morgan fingerprint density at radius 1 is 1.12 bits per heavy atom. The molecule has 0 saturated carbocycles. The number of halogens is 2. The summed E-state index contributed by atoms with van der Waals surface area (Å²) in [7, 11) is 0. The first-order valence-electron chi connectivity index (χ1n) is 8.08. The highest BCUT2D eigenvalue weighted by molar-refractivity contribution is 6.30. The standard InChI is InChI=1S/C19H18ClFN2O2/c20-15-5-1-13(2-6-15)11-18(24)22-17-9-10-23(19(17)25)12-14-3-7-16(21)8-4-14/h1-8,17H,9-12H2,(H,22,24). The lowest BCUT2D eigenvalue weighted by Gasteiger charge is -2.17. The van der Waals surface area contributed by atoms with E-state index in [1.165, 1.54) is 12.1 Å². The third kappa shape index (κ3) is 4.57. The maximum Gasteiger partial charge on any atom is 0.245 e. The first kappa shape index (κ1) is 17.4. The summed E-state index contributed by atoms with van der Waals surface area (Å²) in [5, 5.41) is 3.41. The molecule has 1 saturated heterocycles. The summed E-state index contributed by atoms with van der Waals surface area (Å²) in [6, 6.07) is 12.6. The van der Waals surface area contributed by atoms with Gasteiger partial charge < -0.3 is 10.2 Å². The van der Waals surface area contributed by atoms with Crippen LogP contribution in [-0.2, 0) is 22.6 Å². The lowest BCUT2D eigenvalue weighted by molar-refractivity contribution is -0.132. The zero-order valence-corrected chi connectivity index (χ0v) is 14.3. The Labute approximate surface area is 150 Å². The molecule has 1 N–H and O–H groups in total. The Balaban J connectivity index is 1.53. The first-order chi connectivity index (χ1) is 12.0. The predicted molar refractivity (Wildman–Crippen MR) is 93.5 cm³/mol. The van der Waals surface area contributed by atoms with Gasteiger partial charge in [0, 0.05) is 18.1 Å². The third-order valence-electron chi connectivity index (χ3n) is 4.20. The average molecular weight is 361 g/mol. The van der Waals surface area contributed by atoms with Crippen molar-refractivity contribution in [1.82, 2.24) is 10.2 Å². The number of hydrogen-bond acceptors (Lipinski definition) is 2. The summed E-state index contributed by atoms with van der Waals surface area (Å²) in [4.78, 5) is 26.3. The fourth-order valence-corrected chi connectivity index (χ4v) is 3.00. The number of carbonyl (C=O) groups is 2. The monoisotopic (exact) mass is 360 g/mol. The van der Waals surface area contributed by atoms with E-state index in [1.54, 1.807) is 41.3 Å². The van der Waals surface area contributed by atoms with Crippen LogP contribution in [-0.4, -0.2) is 29.3 Å². The van der Waals surface area contributed by atoms with Gasteiger partial charge in [-0.1, -0.05) is 35.9 Å². The number of rotatable bonds is 5. The molecule has 130 valence electrons. The van der Waals surface area contributed by atoms with E-state index in [0.717, 1.165) is 11.1 Å². The molecule has 25 heavy (non-hydrogen) atoms. The molecule has 0 bridgehead atoms. The number of carbonyl (C=O) groups excluding carboxylic acids is 2. The van der Waals surface area contributed by atoms with Gasteiger partial charge in [0.25, 0.3) is 0 Å². The lowest BCUT2D eigenvalue weighted by Crippen LogP contribution is -2.41. The molecule has 1 fully saturated rings. The van der Waals surface area contributed by atoms with Gasteiger partial charge in [0.05, 0.1) is 6.42 Å². The molecule has 3 rings (SSSR count). The molecular formula is C19H18ClFN2O2. The zero-order chi connectivity index (χ0) is 17.8. The van der Waals surface area contributed by atoms with Crippen molar-refractivity contribution in [3.63, 3.8) is 0 Å². The highest BCUT2D eigenvalue weighted by Crippen LogP contribution is 2.16. The molecule has 2 aromatic rings. The van der Waals surface area contributed by atoms with E-state index >= 15 is 0 Å². The second-order valence-electron chi connectivity index (χ2n) is 6.10. The largest absolute Gasteiger partial charge is 0.344 e. The van der Waals surface area contributed by atoms with Crippen molar-refractivity contribution in [3.8, 4) is 0 Å². The van der Waals surface area contributed by atoms with Crippen LogP contribution < -0.4 is 5.32 Å². The van der Waals surface area contributed by atoms with Crippen LogP contribution in [0.5, 0.6) is 0 Å². The molecule has 1 unspecified atom stereocenters. The lowest BCUT2D eigenvalue weighted by atomic mass is 10.1. The molecule has 2 aromatic carbocycles. The maximum absolute atomic E-state index is 12.9. The van der Waals surface area contributed by atoms with Crippen LogP contribution in [0.2, 0.25) is 5.02 Å². The summed E-state index contributed by atoms with van der Waals surface area (Å²) in [6.07, 6.45) is 0.783. The van der Waals surface area contributed by atoms with Gasteiger partial charge in [-0.25, -0.2) is 4.39 Å². The predicted octanol–water partition coefficient (Wildman–Crippen LogP) is 2.94. The topological polar surface area (TPSA) is 49.4 Å². The van der Waals surface area contributed by atoms with E-state index in [-0.39, 0.29) is 24.1 Å². The minimum absolute atomic E-state index is 0.103. The van der Waals surface area contributed by atoms with Crippen LogP contribution >= 0.6 is 11.6 Å².